The van der Waals surface area contributed by atoms with E-state index in [4.69, 9.17) is 0 Å². The SMILES string of the molecule is CC(C)(C)c1cc(-c2ccc(-c3cc(C(C)(C)C)cc(C(C)(C)C)c3)cc2)cc(C(C)(C)C)c1. The summed E-state index contributed by atoms with van der Waals surface area (Å²) in [6.45, 7) is 27.6. The molecule has 0 unspecified atom stereocenters. The monoisotopic (exact) mass is 454 g/mol. The van der Waals surface area contributed by atoms with E-state index in [1.54, 1.807) is 0 Å². The van der Waals surface area contributed by atoms with Gasteiger partial charge in [-0.1, -0.05) is 144 Å². The highest BCUT2D eigenvalue weighted by Crippen LogP contribution is 2.37. The van der Waals surface area contributed by atoms with E-state index in [-0.39, 0.29) is 21.7 Å². The Morgan fingerprint density at radius 1 is 0.294 bits per heavy atom. The lowest BCUT2D eigenvalue weighted by molar-refractivity contribution is 0.568. The molecule has 3 aromatic rings. The van der Waals surface area contributed by atoms with Gasteiger partial charge in [-0.3, -0.25) is 0 Å². The second-order valence-corrected chi connectivity index (χ2v) is 14.2. The summed E-state index contributed by atoms with van der Waals surface area (Å²) in [5, 5.41) is 0. The van der Waals surface area contributed by atoms with E-state index >= 15 is 0 Å². The maximum absolute atomic E-state index is 2.39. The molecule has 0 heteroatoms. The van der Waals surface area contributed by atoms with Crippen LogP contribution in [0.5, 0.6) is 0 Å². The van der Waals surface area contributed by atoms with Gasteiger partial charge >= 0.3 is 0 Å². The summed E-state index contributed by atoms with van der Waals surface area (Å²) < 4.78 is 0. The molecule has 0 amide bonds. The molecule has 0 spiro atoms. The number of hydrogen-bond donors (Lipinski definition) is 0. The molecule has 34 heavy (non-hydrogen) atoms. The molecule has 3 rings (SSSR count). The minimum atomic E-state index is 0.118. The fourth-order valence-electron chi connectivity index (χ4n) is 4.18. The molecule has 0 radical (unpaired) electrons. The van der Waals surface area contributed by atoms with E-state index in [0.29, 0.717) is 0 Å². The van der Waals surface area contributed by atoms with Gasteiger partial charge in [-0.25, -0.2) is 0 Å². The van der Waals surface area contributed by atoms with Crippen LogP contribution in [-0.2, 0) is 21.7 Å². The molecular formula is C34H46. The van der Waals surface area contributed by atoms with Crippen LogP contribution in [0, 0.1) is 0 Å². The van der Waals surface area contributed by atoms with Crippen LogP contribution in [0.2, 0.25) is 0 Å². The molecule has 0 aromatic heterocycles. The molecule has 0 N–H and O–H groups in total. The summed E-state index contributed by atoms with van der Waals surface area (Å²) in [6, 6.07) is 23.5. The molecule has 0 atom stereocenters. The molecule has 0 heterocycles. The van der Waals surface area contributed by atoms with E-state index in [2.05, 4.69) is 144 Å². The molecule has 0 aliphatic carbocycles. The Morgan fingerprint density at radius 3 is 0.676 bits per heavy atom. The van der Waals surface area contributed by atoms with Gasteiger partial charge in [0.1, 0.15) is 0 Å². The number of rotatable bonds is 2. The fraction of sp³-hybridized carbons (Fsp3) is 0.471. The highest BCUT2D eigenvalue weighted by molar-refractivity contribution is 5.72. The first kappa shape index (κ1) is 26.3. The molecule has 182 valence electrons. The van der Waals surface area contributed by atoms with E-state index in [1.165, 1.54) is 44.5 Å². The molecule has 0 aliphatic heterocycles. The second-order valence-electron chi connectivity index (χ2n) is 14.2. The van der Waals surface area contributed by atoms with Crippen molar-refractivity contribution in [2.75, 3.05) is 0 Å². The van der Waals surface area contributed by atoms with Crippen molar-refractivity contribution in [1.82, 2.24) is 0 Å². The van der Waals surface area contributed by atoms with Crippen molar-refractivity contribution in [2.24, 2.45) is 0 Å². The van der Waals surface area contributed by atoms with Gasteiger partial charge in [-0.15, -0.1) is 0 Å². The van der Waals surface area contributed by atoms with Crippen LogP contribution in [0.15, 0.2) is 60.7 Å². The van der Waals surface area contributed by atoms with Crippen LogP contribution < -0.4 is 0 Å². The van der Waals surface area contributed by atoms with Crippen molar-refractivity contribution in [2.45, 2.75) is 105 Å². The Balaban J connectivity index is 2.10. The zero-order valence-electron chi connectivity index (χ0n) is 23.8. The Bertz CT molecular complexity index is 986. The van der Waals surface area contributed by atoms with Crippen molar-refractivity contribution >= 4 is 0 Å². The first-order chi connectivity index (χ1) is 15.4. The highest BCUT2D eigenvalue weighted by Gasteiger charge is 2.22. The third-order valence-corrected chi connectivity index (χ3v) is 6.88. The standard InChI is InChI=1S/C34H46/c1-31(2,3)27-17-25(18-28(21-27)32(4,5)6)23-13-15-24(16-14-23)26-19-29(33(7,8)9)22-30(20-26)34(10,11)12/h13-22H,1-12H3. The van der Waals surface area contributed by atoms with Gasteiger partial charge in [-0.2, -0.15) is 0 Å². The van der Waals surface area contributed by atoms with Gasteiger partial charge in [0, 0.05) is 0 Å². The normalized spacial score (nSPS) is 13.3. The van der Waals surface area contributed by atoms with Crippen LogP contribution in [0.25, 0.3) is 22.3 Å². The Hall–Kier alpha value is -2.34. The van der Waals surface area contributed by atoms with Crippen LogP contribution >= 0.6 is 0 Å². The van der Waals surface area contributed by atoms with Crippen molar-refractivity contribution in [1.29, 1.82) is 0 Å². The quantitative estimate of drug-likeness (QED) is 0.361. The Labute approximate surface area is 209 Å². The summed E-state index contributed by atoms with van der Waals surface area (Å²) in [6.07, 6.45) is 0. The third-order valence-electron chi connectivity index (χ3n) is 6.88. The van der Waals surface area contributed by atoms with Crippen molar-refractivity contribution in [3.8, 4) is 22.3 Å². The van der Waals surface area contributed by atoms with Gasteiger partial charge in [0.15, 0.2) is 0 Å². The van der Waals surface area contributed by atoms with E-state index in [9.17, 15) is 0 Å². The van der Waals surface area contributed by atoms with E-state index in [0.717, 1.165) is 0 Å². The molecule has 0 aliphatic rings. The lowest BCUT2D eigenvalue weighted by Crippen LogP contribution is -2.16. The minimum absolute atomic E-state index is 0.118. The summed E-state index contributed by atoms with van der Waals surface area (Å²) in [5.41, 5.74) is 11.2. The maximum atomic E-state index is 2.39. The lowest BCUT2D eigenvalue weighted by Gasteiger charge is -2.27. The smallest absolute Gasteiger partial charge is 0.0132 e. The summed E-state index contributed by atoms with van der Waals surface area (Å²) >= 11 is 0. The molecule has 0 saturated heterocycles. The molecule has 0 nitrogen and oxygen atoms in total. The minimum Gasteiger partial charge on any atom is -0.0561 e. The van der Waals surface area contributed by atoms with Gasteiger partial charge < -0.3 is 0 Å². The summed E-state index contributed by atoms with van der Waals surface area (Å²) in [7, 11) is 0. The fourth-order valence-corrected chi connectivity index (χ4v) is 4.18. The molecule has 0 saturated carbocycles. The summed E-state index contributed by atoms with van der Waals surface area (Å²) in [4.78, 5) is 0. The van der Waals surface area contributed by atoms with Gasteiger partial charge in [-0.05, 0) is 66.2 Å². The second kappa shape index (κ2) is 8.71. The van der Waals surface area contributed by atoms with Crippen LogP contribution in [0.1, 0.15) is 105 Å². The van der Waals surface area contributed by atoms with Crippen LogP contribution in [0.4, 0.5) is 0 Å². The maximum Gasteiger partial charge on any atom is -0.0132 e. The molecule has 0 fully saturated rings. The molecule has 0 bridgehead atoms. The van der Waals surface area contributed by atoms with Gasteiger partial charge in [0.25, 0.3) is 0 Å². The Kier molecular flexibility index (Phi) is 6.73. The zero-order valence-corrected chi connectivity index (χ0v) is 23.8. The summed E-state index contributed by atoms with van der Waals surface area (Å²) in [5.74, 6) is 0. The predicted octanol–water partition coefficient (Wildman–Crippen LogP) is 10.2. The van der Waals surface area contributed by atoms with E-state index in [1.807, 2.05) is 0 Å². The number of hydrogen-bond acceptors (Lipinski definition) is 0. The average molecular weight is 455 g/mol. The zero-order chi connectivity index (χ0) is 25.7. The van der Waals surface area contributed by atoms with Crippen LogP contribution in [0.3, 0.4) is 0 Å². The first-order valence-electron chi connectivity index (χ1n) is 12.8. The van der Waals surface area contributed by atoms with Gasteiger partial charge in [0.2, 0.25) is 0 Å². The molecule has 3 aromatic carbocycles. The first-order valence-corrected chi connectivity index (χ1v) is 12.8. The Morgan fingerprint density at radius 2 is 0.500 bits per heavy atom. The largest absolute Gasteiger partial charge is 0.0561 e. The van der Waals surface area contributed by atoms with Gasteiger partial charge in [0.05, 0.1) is 0 Å². The topological polar surface area (TPSA) is 0 Å². The van der Waals surface area contributed by atoms with Crippen molar-refractivity contribution in [3.05, 3.63) is 82.9 Å². The van der Waals surface area contributed by atoms with Crippen molar-refractivity contribution < 1.29 is 0 Å². The number of benzene rings is 3. The van der Waals surface area contributed by atoms with E-state index < -0.39 is 0 Å². The lowest BCUT2D eigenvalue weighted by atomic mass is 9.78. The van der Waals surface area contributed by atoms with Crippen LogP contribution in [-0.4, -0.2) is 0 Å². The third kappa shape index (κ3) is 6.01. The highest BCUT2D eigenvalue weighted by atomic mass is 14.3. The predicted molar refractivity (Wildman–Crippen MR) is 152 cm³/mol. The van der Waals surface area contributed by atoms with Crippen molar-refractivity contribution in [3.63, 3.8) is 0 Å². The average Bonchev–Trinajstić information content (AvgIpc) is 2.70. The molecular weight excluding hydrogens is 408 g/mol.